The number of hydrogen-bond donors (Lipinski definition) is 2. The molecular formula is C13H10Cl2N2O3S. The van der Waals surface area contributed by atoms with Gasteiger partial charge in [0, 0.05) is 15.7 Å². The second kappa shape index (κ2) is 6.34. The van der Waals surface area contributed by atoms with E-state index in [9.17, 15) is 13.2 Å². The van der Waals surface area contributed by atoms with Crippen molar-refractivity contribution in [2.75, 3.05) is 5.32 Å². The summed E-state index contributed by atoms with van der Waals surface area (Å²) < 4.78 is 25.8. The summed E-state index contributed by atoms with van der Waals surface area (Å²) in [4.78, 5) is 11.6. The summed E-state index contributed by atoms with van der Waals surface area (Å²) in [6.07, 6.45) is 0. The largest absolute Gasteiger partial charge is 0.333 e. The average Bonchev–Trinajstić information content (AvgIpc) is 2.41. The molecule has 0 heterocycles. The maximum absolute atomic E-state index is 12.0. The first kappa shape index (κ1) is 15.6. The van der Waals surface area contributed by atoms with Crippen molar-refractivity contribution in [2.24, 2.45) is 0 Å². The second-order valence-electron chi connectivity index (χ2n) is 4.02. The van der Waals surface area contributed by atoms with Gasteiger partial charge in [-0.2, -0.15) is 0 Å². The van der Waals surface area contributed by atoms with Crippen molar-refractivity contribution in [1.29, 1.82) is 0 Å². The molecule has 2 aromatic carbocycles. The van der Waals surface area contributed by atoms with Gasteiger partial charge in [0.05, 0.1) is 4.90 Å². The van der Waals surface area contributed by atoms with E-state index >= 15 is 0 Å². The van der Waals surface area contributed by atoms with Gasteiger partial charge in [-0.05, 0) is 48.5 Å². The summed E-state index contributed by atoms with van der Waals surface area (Å²) in [6.45, 7) is 0. The van der Waals surface area contributed by atoms with Crippen LogP contribution >= 0.6 is 23.2 Å². The Labute approximate surface area is 131 Å². The van der Waals surface area contributed by atoms with Crippen LogP contribution < -0.4 is 10.0 Å². The van der Waals surface area contributed by atoms with Gasteiger partial charge in [0.1, 0.15) is 0 Å². The number of urea groups is 1. The van der Waals surface area contributed by atoms with E-state index in [4.69, 9.17) is 23.2 Å². The lowest BCUT2D eigenvalue weighted by Crippen LogP contribution is -2.34. The van der Waals surface area contributed by atoms with Crippen molar-refractivity contribution >= 4 is 44.9 Å². The van der Waals surface area contributed by atoms with Crippen molar-refractivity contribution in [1.82, 2.24) is 4.72 Å². The van der Waals surface area contributed by atoms with E-state index in [0.29, 0.717) is 15.7 Å². The molecule has 0 saturated carbocycles. The number of nitrogens with one attached hydrogen (secondary N) is 2. The zero-order valence-electron chi connectivity index (χ0n) is 10.5. The third kappa shape index (κ3) is 4.35. The summed E-state index contributed by atoms with van der Waals surface area (Å²) in [7, 11) is -3.95. The summed E-state index contributed by atoms with van der Waals surface area (Å²) >= 11 is 11.4. The number of rotatable bonds is 3. The molecule has 8 heteroatoms. The Morgan fingerprint density at radius 3 is 1.86 bits per heavy atom. The van der Waals surface area contributed by atoms with Gasteiger partial charge in [0.2, 0.25) is 0 Å². The van der Waals surface area contributed by atoms with Crippen molar-refractivity contribution in [3.05, 3.63) is 58.6 Å². The lowest BCUT2D eigenvalue weighted by atomic mass is 10.3. The van der Waals surface area contributed by atoms with Crippen LogP contribution in [0.5, 0.6) is 0 Å². The molecule has 0 bridgehead atoms. The predicted octanol–water partition coefficient (Wildman–Crippen LogP) is 3.50. The third-order valence-corrected chi connectivity index (χ3v) is 4.30. The SMILES string of the molecule is O=C(Nc1ccc(Cl)cc1)NS(=O)(=O)c1ccc(Cl)cc1. The molecule has 0 aliphatic carbocycles. The highest BCUT2D eigenvalue weighted by molar-refractivity contribution is 7.90. The first-order chi connectivity index (χ1) is 9.87. The quantitative estimate of drug-likeness (QED) is 0.894. The van der Waals surface area contributed by atoms with Crippen LogP contribution in [0.4, 0.5) is 10.5 Å². The minimum absolute atomic E-state index is 0.0573. The van der Waals surface area contributed by atoms with Crippen molar-refractivity contribution in [3.63, 3.8) is 0 Å². The van der Waals surface area contributed by atoms with E-state index in [1.54, 1.807) is 24.3 Å². The standard InChI is InChI=1S/C13H10Cl2N2O3S/c14-9-1-5-11(6-2-9)16-13(18)17-21(19,20)12-7-3-10(15)4-8-12/h1-8H,(H2,16,17,18). The number of hydrogen-bond acceptors (Lipinski definition) is 3. The zero-order valence-corrected chi connectivity index (χ0v) is 12.8. The molecule has 0 aromatic heterocycles. The highest BCUT2D eigenvalue weighted by Crippen LogP contribution is 2.15. The maximum atomic E-state index is 12.0. The van der Waals surface area contributed by atoms with Gasteiger partial charge in [-0.25, -0.2) is 17.9 Å². The fourth-order valence-corrected chi connectivity index (χ4v) is 2.64. The number of amides is 2. The van der Waals surface area contributed by atoms with Crippen molar-refractivity contribution in [3.8, 4) is 0 Å². The van der Waals surface area contributed by atoms with Crippen LogP contribution in [0, 0.1) is 0 Å². The number of carbonyl (C=O) groups excluding carboxylic acids is 1. The van der Waals surface area contributed by atoms with Gasteiger partial charge in [-0.1, -0.05) is 23.2 Å². The molecule has 0 atom stereocenters. The van der Waals surface area contributed by atoms with Gasteiger partial charge in [-0.3, -0.25) is 0 Å². The Morgan fingerprint density at radius 2 is 1.33 bits per heavy atom. The Kier molecular flexibility index (Phi) is 4.72. The average molecular weight is 345 g/mol. The minimum atomic E-state index is -3.95. The van der Waals surface area contributed by atoms with Crippen LogP contribution in [0.3, 0.4) is 0 Å². The van der Waals surface area contributed by atoms with E-state index < -0.39 is 16.1 Å². The molecule has 110 valence electrons. The fraction of sp³-hybridized carbons (Fsp3) is 0. The number of sulfonamides is 1. The van der Waals surface area contributed by atoms with E-state index in [1.165, 1.54) is 24.3 Å². The molecule has 2 aromatic rings. The lowest BCUT2D eigenvalue weighted by Gasteiger charge is -2.08. The summed E-state index contributed by atoms with van der Waals surface area (Å²) in [5.74, 6) is 0. The molecule has 0 aliphatic heterocycles. The summed E-state index contributed by atoms with van der Waals surface area (Å²) in [5.41, 5.74) is 0.420. The van der Waals surface area contributed by atoms with Gasteiger partial charge in [0.25, 0.3) is 10.0 Å². The van der Waals surface area contributed by atoms with Crippen molar-refractivity contribution in [2.45, 2.75) is 4.90 Å². The Hall–Kier alpha value is -1.76. The van der Waals surface area contributed by atoms with Crippen LogP contribution in [-0.4, -0.2) is 14.4 Å². The molecule has 0 radical (unpaired) electrons. The normalized spacial score (nSPS) is 11.0. The molecule has 0 unspecified atom stereocenters. The van der Waals surface area contributed by atoms with Crippen molar-refractivity contribution < 1.29 is 13.2 Å². The van der Waals surface area contributed by atoms with Gasteiger partial charge >= 0.3 is 6.03 Å². The second-order valence-corrected chi connectivity index (χ2v) is 6.58. The molecule has 0 aliphatic rings. The molecule has 2 amide bonds. The van der Waals surface area contributed by atoms with Crippen LogP contribution in [-0.2, 0) is 10.0 Å². The number of benzene rings is 2. The summed E-state index contributed by atoms with van der Waals surface area (Å²) in [6, 6.07) is 10.8. The number of anilines is 1. The highest BCUT2D eigenvalue weighted by Gasteiger charge is 2.17. The zero-order chi connectivity index (χ0) is 15.5. The van der Waals surface area contributed by atoms with E-state index in [0.717, 1.165) is 0 Å². The molecular weight excluding hydrogens is 335 g/mol. The van der Waals surface area contributed by atoms with E-state index in [2.05, 4.69) is 5.32 Å². The highest BCUT2D eigenvalue weighted by atomic mass is 35.5. The van der Waals surface area contributed by atoms with E-state index in [1.807, 2.05) is 4.72 Å². The molecule has 0 spiro atoms. The monoisotopic (exact) mass is 344 g/mol. The van der Waals surface area contributed by atoms with Crippen LogP contribution in [0.15, 0.2) is 53.4 Å². The first-order valence-electron chi connectivity index (χ1n) is 5.72. The minimum Gasteiger partial charge on any atom is -0.307 e. The molecule has 2 N–H and O–H groups in total. The fourth-order valence-electron chi connectivity index (χ4n) is 1.48. The van der Waals surface area contributed by atoms with Crippen LogP contribution in [0.1, 0.15) is 0 Å². The molecule has 0 saturated heterocycles. The Balaban J connectivity index is 2.07. The van der Waals surface area contributed by atoms with Gasteiger partial charge in [0.15, 0.2) is 0 Å². The van der Waals surface area contributed by atoms with Gasteiger partial charge in [-0.15, -0.1) is 0 Å². The smallest absolute Gasteiger partial charge is 0.307 e. The predicted molar refractivity (Wildman–Crippen MR) is 82.2 cm³/mol. The van der Waals surface area contributed by atoms with Crippen LogP contribution in [0.25, 0.3) is 0 Å². The molecule has 5 nitrogen and oxygen atoms in total. The van der Waals surface area contributed by atoms with E-state index in [-0.39, 0.29) is 4.90 Å². The molecule has 21 heavy (non-hydrogen) atoms. The van der Waals surface area contributed by atoms with Gasteiger partial charge < -0.3 is 5.32 Å². The molecule has 0 fully saturated rings. The first-order valence-corrected chi connectivity index (χ1v) is 7.96. The number of halogens is 2. The summed E-state index contributed by atoms with van der Waals surface area (Å²) in [5, 5.41) is 3.30. The maximum Gasteiger partial charge on any atom is 0.333 e. The third-order valence-electron chi connectivity index (χ3n) is 2.45. The topological polar surface area (TPSA) is 75.3 Å². The number of carbonyl (C=O) groups is 1. The Bertz CT molecular complexity index is 744. The van der Waals surface area contributed by atoms with Crippen LogP contribution in [0.2, 0.25) is 10.0 Å². The molecule has 2 rings (SSSR count). The lowest BCUT2D eigenvalue weighted by molar-refractivity contribution is 0.256. The Morgan fingerprint density at radius 1 is 0.857 bits per heavy atom.